The molecule has 0 saturated heterocycles. The Morgan fingerprint density at radius 1 is 1.37 bits per heavy atom. The first-order valence-corrected chi connectivity index (χ1v) is 6.83. The SMILES string of the molecule is CC(NCC1CCCC1C(=O)O)c1ccc(O)cc1. The van der Waals surface area contributed by atoms with Crippen LogP contribution in [0.4, 0.5) is 0 Å². The number of nitrogens with one attached hydrogen (secondary N) is 1. The number of carboxylic acids is 1. The van der Waals surface area contributed by atoms with E-state index in [0.717, 1.165) is 31.4 Å². The number of hydrogen-bond donors (Lipinski definition) is 3. The zero-order valence-corrected chi connectivity index (χ0v) is 11.2. The second-order valence-electron chi connectivity index (χ2n) is 5.36. The van der Waals surface area contributed by atoms with E-state index in [0.29, 0.717) is 0 Å². The summed E-state index contributed by atoms with van der Waals surface area (Å²) in [5, 5.41) is 21.8. The molecule has 1 aromatic carbocycles. The number of aliphatic carboxylic acids is 1. The summed E-state index contributed by atoms with van der Waals surface area (Å²) in [7, 11) is 0. The maximum absolute atomic E-state index is 11.1. The summed E-state index contributed by atoms with van der Waals surface area (Å²) in [6.07, 6.45) is 2.80. The molecule has 0 spiro atoms. The van der Waals surface area contributed by atoms with Crippen LogP contribution < -0.4 is 5.32 Å². The third-order valence-corrected chi connectivity index (χ3v) is 4.06. The number of aromatic hydroxyl groups is 1. The van der Waals surface area contributed by atoms with Crippen molar-refractivity contribution in [3.63, 3.8) is 0 Å². The van der Waals surface area contributed by atoms with Crippen LogP contribution in [0.1, 0.15) is 37.8 Å². The molecule has 4 nitrogen and oxygen atoms in total. The molecular formula is C15H21NO3. The summed E-state index contributed by atoms with van der Waals surface area (Å²) in [6, 6.07) is 7.27. The highest BCUT2D eigenvalue weighted by Gasteiger charge is 2.32. The lowest BCUT2D eigenvalue weighted by molar-refractivity contribution is -0.142. The van der Waals surface area contributed by atoms with Crippen LogP contribution in [-0.2, 0) is 4.79 Å². The maximum Gasteiger partial charge on any atom is 0.306 e. The molecule has 0 aliphatic heterocycles. The summed E-state index contributed by atoms with van der Waals surface area (Å²) in [6.45, 7) is 2.79. The predicted molar refractivity (Wildman–Crippen MR) is 73.0 cm³/mol. The van der Waals surface area contributed by atoms with Gasteiger partial charge in [0, 0.05) is 6.04 Å². The molecule has 1 aliphatic rings. The lowest BCUT2D eigenvalue weighted by Gasteiger charge is -2.20. The minimum atomic E-state index is -0.665. The van der Waals surface area contributed by atoms with E-state index in [1.165, 1.54) is 0 Å². The van der Waals surface area contributed by atoms with Gasteiger partial charge in [-0.05, 0) is 49.9 Å². The van der Waals surface area contributed by atoms with Crippen LogP contribution in [0, 0.1) is 11.8 Å². The number of phenolic OH excluding ortho intramolecular Hbond substituents is 1. The molecule has 0 heterocycles. The predicted octanol–water partition coefficient (Wildman–Crippen LogP) is 2.54. The van der Waals surface area contributed by atoms with E-state index in [4.69, 9.17) is 5.11 Å². The van der Waals surface area contributed by atoms with Crippen molar-refractivity contribution in [2.24, 2.45) is 11.8 Å². The average molecular weight is 263 g/mol. The van der Waals surface area contributed by atoms with Crippen molar-refractivity contribution in [1.29, 1.82) is 0 Å². The van der Waals surface area contributed by atoms with Crippen molar-refractivity contribution < 1.29 is 15.0 Å². The number of hydrogen-bond acceptors (Lipinski definition) is 3. The van der Waals surface area contributed by atoms with Gasteiger partial charge in [-0.15, -0.1) is 0 Å². The summed E-state index contributed by atoms with van der Waals surface area (Å²) in [5.41, 5.74) is 1.10. The molecule has 3 N–H and O–H groups in total. The van der Waals surface area contributed by atoms with Gasteiger partial charge in [0.2, 0.25) is 0 Å². The fourth-order valence-corrected chi connectivity index (χ4v) is 2.82. The Labute approximate surface area is 113 Å². The molecule has 1 aromatic rings. The normalized spacial score (nSPS) is 24.3. The van der Waals surface area contributed by atoms with Gasteiger partial charge in [0.15, 0.2) is 0 Å². The van der Waals surface area contributed by atoms with E-state index in [1.54, 1.807) is 12.1 Å². The van der Waals surface area contributed by atoms with Gasteiger partial charge in [0.05, 0.1) is 5.92 Å². The second-order valence-corrected chi connectivity index (χ2v) is 5.36. The molecule has 0 aromatic heterocycles. The van der Waals surface area contributed by atoms with Gasteiger partial charge < -0.3 is 15.5 Å². The number of carboxylic acid groups (broad SMARTS) is 1. The quantitative estimate of drug-likeness (QED) is 0.763. The Bertz CT molecular complexity index is 430. The summed E-state index contributed by atoms with van der Waals surface area (Å²) in [5.74, 6) is -0.365. The summed E-state index contributed by atoms with van der Waals surface area (Å²) in [4.78, 5) is 11.1. The van der Waals surface area contributed by atoms with E-state index >= 15 is 0 Å². The number of rotatable bonds is 5. The third kappa shape index (κ3) is 3.47. The molecule has 2 rings (SSSR count). The van der Waals surface area contributed by atoms with Crippen molar-refractivity contribution in [3.05, 3.63) is 29.8 Å². The highest BCUT2D eigenvalue weighted by Crippen LogP contribution is 2.31. The van der Waals surface area contributed by atoms with E-state index in [1.807, 2.05) is 12.1 Å². The molecule has 1 fully saturated rings. The van der Waals surface area contributed by atoms with E-state index in [-0.39, 0.29) is 23.6 Å². The Kier molecular flexibility index (Phi) is 4.43. The Balaban J connectivity index is 1.88. The molecule has 0 radical (unpaired) electrons. The van der Waals surface area contributed by atoms with Crippen LogP contribution in [-0.4, -0.2) is 22.7 Å². The molecular weight excluding hydrogens is 242 g/mol. The van der Waals surface area contributed by atoms with Crippen LogP contribution >= 0.6 is 0 Å². The Morgan fingerprint density at radius 2 is 2.05 bits per heavy atom. The Hall–Kier alpha value is -1.55. The second kappa shape index (κ2) is 6.06. The molecule has 4 heteroatoms. The van der Waals surface area contributed by atoms with Crippen LogP contribution in [0.5, 0.6) is 5.75 Å². The van der Waals surface area contributed by atoms with Gasteiger partial charge in [-0.2, -0.15) is 0 Å². The van der Waals surface area contributed by atoms with Crippen molar-refractivity contribution >= 4 is 5.97 Å². The first kappa shape index (κ1) is 13.9. The smallest absolute Gasteiger partial charge is 0.306 e. The minimum Gasteiger partial charge on any atom is -0.508 e. The fraction of sp³-hybridized carbons (Fsp3) is 0.533. The molecule has 1 aliphatic carbocycles. The lowest BCUT2D eigenvalue weighted by Crippen LogP contribution is -2.30. The first-order chi connectivity index (χ1) is 9.08. The van der Waals surface area contributed by atoms with Gasteiger partial charge in [-0.1, -0.05) is 18.6 Å². The van der Waals surface area contributed by atoms with Gasteiger partial charge in [-0.25, -0.2) is 0 Å². The maximum atomic E-state index is 11.1. The van der Waals surface area contributed by atoms with E-state index in [2.05, 4.69) is 12.2 Å². The standard InChI is InChI=1S/C15H21NO3/c1-10(11-5-7-13(17)8-6-11)16-9-12-3-2-4-14(12)15(18)19/h5-8,10,12,14,16-17H,2-4,9H2,1H3,(H,18,19). The van der Waals surface area contributed by atoms with Crippen LogP contribution in [0.2, 0.25) is 0 Å². The highest BCUT2D eigenvalue weighted by molar-refractivity contribution is 5.70. The zero-order valence-electron chi connectivity index (χ0n) is 11.2. The van der Waals surface area contributed by atoms with Gasteiger partial charge in [-0.3, -0.25) is 4.79 Å². The van der Waals surface area contributed by atoms with Crippen molar-refractivity contribution in [1.82, 2.24) is 5.32 Å². The molecule has 0 amide bonds. The van der Waals surface area contributed by atoms with Crippen molar-refractivity contribution in [2.75, 3.05) is 6.54 Å². The van der Waals surface area contributed by atoms with Crippen molar-refractivity contribution in [2.45, 2.75) is 32.2 Å². The largest absolute Gasteiger partial charge is 0.508 e. The first-order valence-electron chi connectivity index (χ1n) is 6.83. The van der Waals surface area contributed by atoms with E-state index in [9.17, 15) is 9.90 Å². The summed E-state index contributed by atoms with van der Waals surface area (Å²) < 4.78 is 0. The lowest BCUT2D eigenvalue weighted by atomic mass is 9.95. The van der Waals surface area contributed by atoms with Gasteiger partial charge in [0.1, 0.15) is 5.75 Å². The van der Waals surface area contributed by atoms with Crippen molar-refractivity contribution in [3.8, 4) is 5.75 Å². The molecule has 3 atom stereocenters. The summed E-state index contributed by atoms with van der Waals surface area (Å²) >= 11 is 0. The Morgan fingerprint density at radius 3 is 2.68 bits per heavy atom. The molecule has 1 saturated carbocycles. The van der Waals surface area contributed by atoms with Crippen LogP contribution in [0.15, 0.2) is 24.3 Å². The monoisotopic (exact) mass is 263 g/mol. The number of phenols is 1. The number of benzene rings is 1. The van der Waals surface area contributed by atoms with E-state index < -0.39 is 5.97 Å². The van der Waals surface area contributed by atoms with Crippen LogP contribution in [0.25, 0.3) is 0 Å². The fourth-order valence-electron chi connectivity index (χ4n) is 2.82. The molecule has 0 bridgehead atoms. The molecule has 104 valence electrons. The zero-order chi connectivity index (χ0) is 13.8. The third-order valence-electron chi connectivity index (χ3n) is 4.06. The molecule has 3 unspecified atom stereocenters. The van der Waals surface area contributed by atoms with Crippen LogP contribution in [0.3, 0.4) is 0 Å². The van der Waals surface area contributed by atoms with Gasteiger partial charge >= 0.3 is 5.97 Å². The van der Waals surface area contributed by atoms with Gasteiger partial charge in [0.25, 0.3) is 0 Å². The average Bonchev–Trinajstić information content (AvgIpc) is 2.85. The highest BCUT2D eigenvalue weighted by atomic mass is 16.4. The minimum absolute atomic E-state index is 0.163. The number of carbonyl (C=O) groups is 1. The topological polar surface area (TPSA) is 69.6 Å². The molecule has 19 heavy (non-hydrogen) atoms.